The van der Waals surface area contributed by atoms with Crippen molar-refractivity contribution in [1.29, 1.82) is 0 Å². The van der Waals surface area contributed by atoms with Crippen molar-refractivity contribution in [3.05, 3.63) is 81.4 Å². The molecular weight excluding hydrogens is 580 g/mol. The van der Waals surface area contributed by atoms with Gasteiger partial charge >= 0.3 is 11.9 Å². The summed E-state index contributed by atoms with van der Waals surface area (Å²) in [6.45, 7) is 15.8. The molecular formula is C37H42N4O5. The van der Waals surface area contributed by atoms with E-state index in [4.69, 9.17) is 19.4 Å². The molecule has 8 bridgehead atoms. The molecule has 240 valence electrons. The molecule has 5 rings (SSSR count). The number of carbonyl (C=O) groups is 3. The summed E-state index contributed by atoms with van der Waals surface area (Å²) in [6, 6.07) is 6.04. The number of nitrogens with zero attached hydrogens (tertiary/aromatic N) is 2. The van der Waals surface area contributed by atoms with Gasteiger partial charge in [0.25, 0.3) is 0 Å². The number of esters is 2. The van der Waals surface area contributed by atoms with Crippen LogP contribution in [0.1, 0.15) is 108 Å². The lowest BCUT2D eigenvalue weighted by Crippen LogP contribution is -2.12. The molecule has 0 unspecified atom stereocenters. The molecule has 0 saturated carbocycles. The van der Waals surface area contributed by atoms with Crippen LogP contribution in [-0.4, -0.2) is 51.9 Å². The first-order chi connectivity index (χ1) is 21.9. The second kappa shape index (κ2) is 12.9. The molecule has 0 saturated heterocycles. The molecule has 0 aromatic carbocycles. The number of Topliss-reactive ketones (excluding diaryl/α,β-unsaturated/α-hetero) is 1. The largest absolute Gasteiger partial charge is 0.469 e. The molecule has 0 aliphatic carbocycles. The van der Waals surface area contributed by atoms with Crippen LogP contribution in [0.25, 0.3) is 33.2 Å². The number of hydrogen-bond donors (Lipinski definition) is 2. The third kappa shape index (κ3) is 5.70. The zero-order valence-electron chi connectivity index (χ0n) is 27.9. The first kappa shape index (κ1) is 32.6. The number of rotatable bonds is 8. The maximum Gasteiger partial charge on any atom is 0.340 e. The highest BCUT2D eigenvalue weighted by Gasteiger charge is 2.34. The van der Waals surface area contributed by atoms with E-state index in [1.165, 1.54) is 14.2 Å². The summed E-state index contributed by atoms with van der Waals surface area (Å²) in [5.74, 6) is -1.24. The van der Waals surface area contributed by atoms with Gasteiger partial charge in [0.1, 0.15) is 5.78 Å². The van der Waals surface area contributed by atoms with Crippen molar-refractivity contribution in [3.8, 4) is 0 Å². The van der Waals surface area contributed by atoms with E-state index in [-0.39, 0.29) is 24.0 Å². The van der Waals surface area contributed by atoms with Crippen LogP contribution in [0.15, 0.2) is 30.9 Å². The van der Waals surface area contributed by atoms with Crippen LogP contribution in [0.5, 0.6) is 0 Å². The monoisotopic (exact) mass is 622 g/mol. The number of aromatic amines is 2. The van der Waals surface area contributed by atoms with Crippen molar-refractivity contribution in [3.63, 3.8) is 0 Å². The average Bonchev–Trinajstić information content (AvgIpc) is 3.71. The number of aryl methyl sites for hydroxylation is 3. The molecule has 2 aliphatic rings. The second-order valence-electron chi connectivity index (χ2n) is 12.2. The zero-order valence-corrected chi connectivity index (χ0v) is 27.9. The third-order valence-electron chi connectivity index (χ3n) is 9.48. The van der Waals surface area contributed by atoms with Crippen LogP contribution in [-0.2, 0) is 31.9 Å². The quantitative estimate of drug-likeness (QED) is 0.251. The lowest BCUT2D eigenvalue weighted by Gasteiger charge is -2.17. The molecule has 3 aromatic rings. The number of methoxy groups -OCH3 is 2. The van der Waals surface area contributed by atoms with Gasteiger partial charge in [0, 0.05) is 51.6 Å². The SMILES string of the molecule is C=CC1=C(C)c2cc3nc(c(CC(=O)OC)c4[nH]c(cc5[nH]c(cc1n2)c(C)c5CC)c(C)c4C(=O)OC)[C@@H](CCC(C)=O)[C@@H]3C. The number of allylic oxidation sites excluding steroid dienone is 3. The maximum atomic E-state index is 13.4. The molecule has 2 N–H and O–H groups in total. The van der Waals surface area contributed by atoms with Gasteiger partial charge < -0.3 is 24.2 Å². The molecule has 2 atom stereocenters. The summed E-state index contributed by atoms with van der Waals surface area (Å²) in [5.41, 5.74) is 11.7. The summed E-state index contributed by atoms with van der Waals surface area (Å²) in [4.78, 5) is 55.9. The summed E-state index contributed by atoms with van der Waals surface area (Å²) >= 11 is 0. The van der Waals surface area contributed by atoms with E-state index in [1.54, 1.807) is 6.92 Å². The van der Waals surface area contributed by atoms with Gasteiger partial charge in [-0.25, -0.2) is 9.78 Å². The highest BCUT2D eigenvalue weighted by Crippen LogP contribution is 2.43. The average molecular weight is 623 g/mol. The molecule has 3 aromatic heterocycles. The predicted octanol–water partition coefficient (Wildman–Crippen LogP) is 7.37. The Morgan fingerprint density at radius 2 is 1.65 bits per heavy atom. The normalized spacial score (nSPS) is 16.0. The highest BCUT2D eigenvalue weighted by atomic mass is 16.5. The van der Waals surface area contributed by atoms with Crippen LogP contribution in [0.2, 0.25) is 0 Å². The topological polar surface area (TPSA) is 127 Å². The smallest absolute Gasteiger partial charge is 0.340 e. The first-order valence-corrected chi connectivity index (χ1v) is 15.7. The Morgan fingerprint density at radius 3 is 2.28 bits per heavy atom. The summed E-state index contributed by atoms with van der Waals surface area (Å²) in [5, 5.41) is 0. The number of ether oxygens (including phenoxy) is 2. The maximum absolute atomic E-state index is 13.4. The lowest BCUT2D eigenvalue weighted by molar-refractivity contribution is -0.139. The van der Waals surface area contributed by atoms with E-state index in [2.05, 4.69) is 43.4 Å². The Balaban J connectivity index is 2.05. The lowest BCUT2D eigenvalue weighted by atomic mass is 9.84. The molecule has 46 heavy (non-hydrogen) atoms. The van der Waals surface area contributed by atoms with Gasteiger partial charge in [0.15, 0.2) is 0 Å². The number of fused-ring (bicyclic) bond motifs is 8. The molecule has 9 heteroatoms. The van der Waals surface area contributed by atoms with Gasteiger partial charge in [0.05, 0.1) is 48.8 Å². The fraction of sp³-hybridized carbons (Fsp3) is 0.378. The van der Waals surface area contributed by atoms with Crippen molar-refractivity contribution < 1.29 is 23.9 Å². The number of aromatic nitrogens is 4. The predicted molar refractivity (Wildman–Crippen MR) is 181 cm³/mol. The van der Waals surface area contributed by atoms with Crippen LogP contribution >= 0.6 is 0 Å². The fourth-order valence-electron chi connectivity index (χ4n) is 6.77. The minimum atomic E-state index is -0.528. The first-order valence-electron chi connectivity index (χ1n) is 15.7. The number of carbonyl (C=O) groups excluding carboxylic acids is 3. The Morgan fingerprint density at radius 1 is 0.935 bits per heavy atom. The van der Waals surface area contributed by atoms with Crippen molar-refractivity contribution in [2.75, 3.05) is 14.2 Å². The van der Waals surface area contributed by atoms with Crippen LogP contribution in [0, 0.1) is 13.8 Å². The van der Waals surface area contributed by atoms with E-state index < -0.39 is 11.9 Å². The Kier molecular flexibility index (Phi) is 9.15. The molecule has 0 amide bonds. The van der Waals surface area contributed by atoms with E-state index in [9.17, 15) is 14.4 Å². The van der Waals surface area contributed by atoms with E-state index >= 15 is 0 Å². The summed E-state index contributed by atoms with van der Waals surface area (Å²) in [7, 11) is 2.68. The zero-order chi connectivity index (χ0) is 33.4. The number of H-pyrrole nitrogens is 2. The molecule has 2 aliphatic heterocycles. The van der Waals surface area contributed by atoms with Gasteiger partial charge in [-0.3, -0.25) is 9.78 Å². The molecule has 9 nitrogen and oxygen atoms in total. The van der Waals surface area contributed by atoms with E-state index in [0.717, 1.165) is 56.8 Å². The summed E-state index contributed by atoms with van der Waals surface area (Å²) in [6.07, 6.45) is 3.36. The molecule has 5 heterocycles. The second-order valence-corrected chi connectivity index (χ2v) is 12.2. The van der Waals surface area contributed by atoms with Crippen LogP contribution in [0.4, 0.5) is 0 Å². The third-order valence-corrected chi connectivity index (χ3v) is 9.48. The Labute approximate surface area is 269 Å². The van der Waals surface area contributed by atoms with Crippen LogP contribution < -0.4 is 0 Å². The number of ketones is 1. The van der Waals surface area contributed by atoms with E-state index in [1.807, 2.05) is 32.1 Å². The minimum Gasteiger partial charge on any atom is -0.469 e. The van der Waals surface area contributed by atoms with Gasteiger partial charge in [-0.05, 0) is 81.0 Å². The number of nitrogens with one attached hydrogen (secondary N) is 2. The molecule has 0 fully saturated rings. The summed E-state index contributed by atoms with van der Waals surface area (Å²) < 4.78 is 10.4. The molecule has 0 spiro atoms. The molecule has 0 radical (unpaired) electrons. The minimum absolute atomic E-state index is 0.0660. The fourth-order valence-corrected chi connectivity index (χ4v) is 6.77. The van der Waals surface area contributed by atoms with Crippen molar-refractivity contribution >= 4 is 50.9 Å². The van der Waals surface area contributed by atoms with Crippen molar-refractivity contribution in [2.45, 2.75) is 79.1 Å². The van der Waals surface area contributed by atoms with Gasteiger partial charge in [-0.1, -0.05) is 26.5 Å². The van der Waals surface area contributed by atoms with Crippen molar-refractivity contribution in [1.82, 2.24) is 19.9 Å². The highest BCUT2D eigenvalue weighted by molar-refractivity contribution is 6.03. The van der Waals surface area contributed by atoms with Crippen molar-refractivity contribution in [2.24, 2.45) is 0 Å². The van der Waals surface area contributed by atoms with Gasteiger partial charge in [-0.2, -0.15) is 0 Å². The van der Waals surface area contributed by atoms with Gasteiger partial charge in [-0.15, -0.1) is 0 Å². The number of hydrogen-bond acceptors (Lipinski definition) is 7. The van der Waals surface area contributed by atoms with Crippen LogP contribution in [0.3, 0.4) is 0 Å². The van der Waals surface area contributed by atoms with Gasteiger partial charge in [0.2, 0.25) is 0 Å². The Bertz CT molecular complexity index is 1980. The Hall–Kier alpha value is -4.79. The van der Waals surface area contributed by atoms with E-state index in [0.29, 0.717) is 46.3 Å². The standard InChI is InChI=1S/C37H42N4O5/c1-10-23-19(4)27-15-29-21(6)25(13-12-18(3)42)35(40-29)26(14-33(43)45-8)36-34(37(44)46-9)22(7)30(41-36)17-32-24(11-2)20(5)28(39-32)16-31(23)38-27/h10,15-17,21,25,39,41H,1,11-14H2,2-9H3/t21-,25-/m0/s1.